The zero-order chi connectivity index (χ0) is 18.2. The van der Waals surface area contributed by atoms with Gasteiger partial charge in [-0.15, -0.1) is 0 Å². The average Bonchev–Trinajstić information content (AvgIpc) is 2.64. The molecule has 0 aromatic heterocycles. The van der Waals surface area contributed by atoms with Gasteiger partial charge in [0.15, 0.2) is 6.61 Å². The van der Waals surface area contributed by atoms with Crippen molar-refractivity contribution in [1.29, 1.82) is 0 Å². The molecule has 0 spiro atoms. The van der Waals surface area contributed by atoms with Gasteiger partial charge in [0.2, 0.25) is 0 Å². The van der Waals surface area contributed by atoms with Crippen molar-refractivity contribution in [2.24, 2.45) is 5.73 Å². The van der Waals surface area contributed by atoms with E-state index in [1.807, 2.05) is 24.3 Å². The number of amidine groups is 1. The van der Waals surface area contributed by atoms with Crippen LogP contribution in [0.3, 0.4) is 0 Å². The molecule has 0 bridgehead atoms. The fourth-order valence-corrected chi connectivity index (χ4v) is 2.06. The molecule has 0 saturated heterocycles. The Hall–Kier alpha value is -3.02. The third kappa shape index (κ3) is 5.53. The number of ether oxygens (including phenoxy) is 2. The van der Waals surface area contributed by atoms with Crippen molar-refractivity contribution in [3.63, 3.8) is 0 Å². The van der Waals surface area contributed by atoms with Crippen LogP contribution in [-0.2, 0) is 9.63 Å². The van der Waals surface area contributed by atoms with Gasteiger partial charge in [-0.3, -0.25) is 10.6 Å². The molecule has 0 atom stereocenters. The molecule has 0 heterocycles. The summed E-state index contributed by atoms with van der Waals surface area (Å²) in [6, 6.07) is 14.6. The van der Waals surface area contributed by atoms with E-state index < -0.39 is 5.97 Å². The smallest absolute Gasteiger partial charge is 0.394 e. The molecule has 25 heavy (non-hydrogen) atoms. The van der Waals surface area contributed by atoms with Crippen LogP contribution in [0.15, 0.2) is 48.5 Å². The molecule has 2 aromatic rings. The number of nitrogen functional groups attached to an aromatic ring is 1. The topological polar surface area (TPSA) is 84.8 Å². The molecule has 0 unspecified atom stereocenters. The van der Waals surface area contributed by atoms with E-state index in [4.69, 9.17) is 20.0 Å². The summed E-state index contributed by atoms with van der Waals surface area (Å²) in [6.07, 6.45) is 0. The highest BCUT2D eigenvalue weighted by Crippen LogP contribution is 2.18. The Balaban J connectivity index is 1.84. The van der Waals surface area contributed by atoms with Crippen molar-refractivity contribution >= 4 is 11.8 Å². The van der Waals surface area contributed by atoms with Crippen molar-refractivity contribution < 1.29 is 24.3 Å². The standard InChI is InChI=1S/C19H22N2O4/c1-13(2)14-4-10-17(11-5-14)24-12-18(22)25-21-19(20)15-6-8-16(23-3)9-7-15/h4-11,13H,12H2,1-3H3,(H2,20,21)/p+1. The molecule has 0 aliphatic carbocycles. The highest BCUT2D eigenvalue weighted by molar-refractivity contribution is 5.93. The maximum atomic E-state index is 11.7. The van der Waals surface area contributed by atoms with Gasteiger partial charge in [-0.25, -0.2) is 4.79 Å². The first-order valence-corrected chi connectivity index (χ1v) is 7.95. The largest absolute Gasteiger partial charge is 0.497 e. The van der Waals surface area contributed by atoms with E-state index in [0.29, 0.717) is 23.0 Å². The summed E-state index contributed by atoms with van der Waals surface area (Å²) >= 11 is 0. The molecule has 0 amide bonds. The molecule has 2 rings (SSSR count). The van der Waals surface area contributed by atoms with Crippen LogP contribution in [0.25, 0.3) is 0 Å². The Bertz CT molecular complexity index is 722. The second kappa shape index (κ2) is 8.73. The number of benzene rings is 2. The molecule has 2 aromatic carbocycles. The third-order valence-electron chi connectivity index (χ3n) is 3.58. The number of rotatable bonds is 7. The molecule has 6 nitrogen and oxygen atoms in total. The van der Waals surface area contributed by atoms with Gasteiger partial charge in [-0.05, 0) is 47.9 Å². The molecular formula is C19H23N2O4+. The van der Waals surface area contributed by atoms with E-state index in [1.165, 1.54) is 5.56 Å². The number of methoxy groups -OCH3 is 1. The minimum Gasteiger partial charge on any atom is -0.497 e. The third-order valence-corrected chi connectivity index (χ3v) is 3.58. The van der Waals surface area contributed by atoms with Crippen LogP contribution in [0.5, 0.6) is 11.5 Å². The molecule has 3 N–H and O–H groups in total. The zero-order valence-corrected chi connectivity index (χ0v) is 14.6. The Morgan fingerprint density at radius 3 is 2.20 bits per heavy atom. The first kappa shape index (κ1) is 18.3. The fraction of sp³-hybridized carbons (Fsp3) is 0.263. The molecule has 0 radical (unpaired) electrons. The monoisotopic (exact) mass is 343 g/mol. The lowest BCUT2D eigenvalue weighted by molar-refractivity contribution is -0.724. The average molecular weight is 343 g/mol. The second-order valence-corrected chi connectivity index (χ2v) is 5.73. The first-order chi connectivity index (χ1) is 12.0. The maximum absolute atomic E-state index is 11.7. The van der Waals surface area contributed by atoms with Crippen LogP contribution in [-0.4, -0.2) is 25.5 Å². The minimum atomic E-state index is -0.579. The molecular weight excluding hydrogens is 320 g/mol. The van der Waals surface area contributed by atoms with Crippen LogP contribution >= 0.6 is 0 Å². The lowest BCUT2D eigenvalue weighted by Gasteiger charge is -2.07. The van der Waals surface area contributed by atoms with Crippen molar-refractivity contribution in [2.75, 3.05) is 13.7 Å². The number of nitrogens with one attached hydrogen (secondary N) is 1. The number of hydrogen-bond acceptors (Lipinski definition) is 4. The van der Waals surface area contributed by atoms with Gasteiger partial charge in [0, 0.05) is 0 Å². The number of carbonyl (C=O) groups excluding carboxylic acids is 1. The highest BCUT2D eigenvalue weighted by atomic mass is 16.7. The van der Waals surface area contributed by atoms with Gasteiger partial charge in [0.25, 0.3) is 0 Å². The lowest BCUT2D eigenvalue weighted by atomic mass is 10.0. The van der Waals surface area contributed by atoms with Gasteiger partial charge in [-0.1, -0.05) is 31.1 Å². The summed E-state index contributed by atoms with van der Waals surface area (Å²) in [6.45, 7) is 4.01. The van der Waals surface area contributed by atoms with E-state index >= 15 is 0 Å². The summed E-state index contributed by atoms with van der Waals surface area (Å²) in [7, 11) is 1.58. The predicted octanol–water partition coefficient (Wildman–Crippen LogP) is 1.14. The van der Waals surface area contributed by atoms with Gasteiger partial charge >= 0.3 is 11.8 Å². The van der Waals surface area contributed by atoms with Crippen molar-refractivity contribution in [2.45, 2.75) is 19.8 Å². The SMILES string of the molecule is COc1ccc(C(N)=[NH+]OC(=O)COc2ccc(C(C)C)cc2)cc1. The number of nitrogens with two attached hydrogens (primary N) is 1. The molecule has 0 fully saturated rings. The van der Waals surface area contributed by atoms with Crippen molar-refractivity contribution in [3.05, 3.63) is 59.7 Å². The van der Waals surface area contributed by atoms with E-state index in [0.717, 1.165) is 0 Å². The summed E-state index contributed by atoms with van der Waals surface area (Å²) < 4.78 is 10.5. The summed E-state index contributed by atoms with van der Waals surface area (Å²) in [5.41, 5.74) is 7.72. The van der Waals surface area contributed by atoms with Gasteiger partial charge < -0.3 is 9.47 Å². The molecule has 132 valence electrons. The van der Waals surface area contributed by atoms with Crippen LogP contribution in [0.2, 0.25) is 0 Å². The molecule has 0 saturated carbocycles. The summed E-state index contributed by atoms with van der Waals surface area (Å²) in [5, 5.41) is 2.42. The number of hydrogen-bond donors (Lipinski definition) is 2. The molecule has 0 aliphatic heterocycles. The summed E-state index contributed by atoms with van der Waals surface area (Å²) in [5.74, 6) is 1.40. The van der Waals surface area contributed by atoms with Gasteiger partial charge in [0.1, 0.15) is 11.5 Å². The van der Waals surface area contributed by atoms with Crippen LogP contribution in [0, 0.1) is 0 Å². The maximum Gasteiger partial charge on any atom is 0.394 e. The Kier molecular flexibility index (Phi) is 6.39. The van der Waals surface area contributed by atoms with E-state index in [-0.39, 0.29) is 12.4 Å². The van der Waals surface area contributed by atoms with E-state index in [9.17, 15) is 4.79 Å². The van der Waals surface area contributed by atoms with Crippen molar-refractivity contribution in [3.8, 4) is 11.5 Å². The highest BCUT2D eigenvalue weighted by Gasteiger charge is 2.10. The Morgan fingerprint density at radius 2 is 1.64 bits per heavy atom. The molecule has 0 aliphatic rings. The Labute approximate surface area is 147 Å². The Morgan fingerprint density at radius 1 is 1.04 bits per heavy atom. The van der Waals surface area contributed by atoms with Gasteiger partial charge in [-0.2, -0.15) is 0 Å². The van der Waals surface area contributed by atoms with Crippen LogP contribution in [0.1, 0.15) is 30.9 Å². The second-order valence-electron chi connectivity index (χ2n) is 5.73. The first-order valence-electron chi connectivity index (χ1n) is 7.95. The van der Waals surface area contributed by atoms with Crippen molar-refractivity contribution in [1.82, 2.24) is 0 Å². The minimum absolute atomic E-state index is 0.218. The van der Waals surface area contributed by atoms with E-state index in [1.54, 1.807) is 31.4 Å². The van der Waals surface area contributed by atoms with Gasteiger partial charge in [0.05, 0.1) is 12.7 Å². The van der Waals surface area contributed by atoms with Crippen LogP contribution < -0.4 is 20.4 Å². The summed E-state index contributed by atoms with van der Waals surface area (Å²) in [4.78, 5) is 16.6. The van der Waals surface area contributed by atoms with Crippen LogP contribution in [0.4, 0.5) is 0 Å². The fourth-order valence-electron chi connectivity index (χ4n) is 2.06. The molecule has 6 heteroatoms. The quantitative estimate of drug-likeness (QED) is 0.341. The predicted molar refractivity (Wildman–Crippen MR) is 94.4 cm³/mol. The normalized spacial score (nSPS) is 11.3. The van der Waals surface area contributed by atoms with E-state index in [2.05, 4.69) is 19.0 Å². The number of carbonyl (C=O) groups is 1. The lowest BCUT2D eigenvalue weighted by Crippen LogP contribution is -2.76. The zero-order valence-electron chi connectivity index (χ0n) is 14.6.